The van der Waals surface area contributed by atoms with Gasteiger partial charge in [0.15, 0.2) is 17.2 Å². The Morgan fingerprint density at radius 2 is 1.82 bits per heavy atom. The van der Waals surface area contributed by atoms with Gasteiger partial charge in [-0.2, -0.15) is 9.78 Å². The predicted molar refractivity (Wildman–Crippen MR) is 120 cm³/mol. The van der Waals surface area contributed by atoms with Crippen LogP contribution in [0.4, 0.5) is 5.82 Å². The van der Waals surface area contributed by atoms with Gasteiger partial charge < -0.3 is 19.9 Å². The molecule has 0 saturated heterocycles. The van der Waals surface area contributed by atoms with Crippen LogP contribution >= 0.6 is 0 Å². The highest BCUT2D eigenvalue weighted by Crippen LogP contribution is 2.39. The molecule has 1 amide bonds. The first-order valence-electron chi connectivity index (χ1n) is 9.80. The van der Waals surface area contributed by atoms with Crippen LogP contribution in [0.25, 0.3) is 17.1 Å². The third-order valence-corrected chi connectivity index (χ3v) is 4.73. The molecule has 4 rings (SSSR count). The van der Waals surface area contributed by atoms with Crippen molar-refractivity contribution in [2.75, 3.05) is 27.1 Å². The lowest BCUT2D eigenvalue weighted by Crippen LogP contribution is -2.19. The minimum Gasteiger partial charge on any atom is -0.493 e. The van der Waals surface area contributed by atoms with Crippen LogP contribution in [-0.2, 0) is 0 Å². The molecule has 0 aliphatic heterocycles. The fourth-order valence-corrected chi connectivity index (χ4v) is 3.22. The summed E-state index contributed by atoms with van der Waals surface area (Å²) in [5.74, 6) is 0.761. The molecule has 3 N–H and O–H groups in total. The normalized spacial score (nSPS) is 10.9. The minimum atomic E-state index is -0.615. The molecule has 0 unspecified atom stereocenters. The molecule has 0 spiro atoms. The van der Waals surface area contributed by atoms with Gasteiger partial charge in [0.1, 0.15) is 5.69 Å². The average Bonchev–Trinajstić information content (AvgIpc) is 3.49. The Bertz CT molecular complexity index is 1330. The smallest absolute Gasteiger partial charge is 0.294 e. The molecular weight excluding hydrogens is 444 g/mol. The van der Waals surface area contributed by atoms with Crippen LogP contribution in [0.2, 0.25) is 0 Å². The van der Waals surface area contributed by atoms with E-state index in [9.17, 15) is 4.79 Å². The van der Waals surface area contributed by atoms with Gasteiger partial charge in [0.2, 0.25) is 17.4 Å². The zero-order valence-corrected chi connectivity index (χ0v) is 18.4. The Kier molecular flexibility index (Phi) is 6.34. The van der Waals surface area contributed by atoms with Crippen molar-refractivity contribution < 1.29 is 23.6 Å². The maximum atomic E-state index is 13.0. The lowest BCUT2D eigenvalue weighted by molar-refractivity contribution is 0.0950. The third kappa shape index (κ3) is 4.09. The second-order valence-corrected chi connectivity index (χ2v) is 6.66. The SMILES string of the molecule is COc1ccc(C=NNC(=O)c2nnn(-c3nonc3N)c2-c2ccccc2)c(OC)c1OC. The highest BCUT2D eigenvalue weighted by Gasteiger charge is 2.25. The molecule has 13 nitrogen and oxygen atoms in total. The van der Waals surface area contributed by atoms with Crippen molar-refractivity contribution in [2.45, 2.75) is 0 Å². The molecule has 174 valence electrons. The number of amides is 1. The summed E-state index contributed by atoms with van der Waals surface area (Å²) >= 11 is 0. The van der Waals surface area contributed by atoms with Gasteiger partial charge in [-0.05, 0) is 22.4 Å². The highest BCUT2D eigenvalue weighted by atomic mass is 16.6. The summed E-state index contributed by atoms with van der Waals surface area (Å²) in [6, 6.07) is 12.4. The van der Waals surface area contributed by atoms with E-state index in [1.807, 2.05) is 6.07 Å². The average molecular weight is 464 g/mol. The number of nitrogens with one attached hydrogen (secondary N) is 1. The van der Waals surface area contributed by atoms with Crippen LogP contribution in [0.5, 0.6) is 17.2 Å². The number of hydrazone groups is 1. The summed E-state index contributed by atoms with van der Waals surface area (Å²) in [5, 5.41) is 19.3. The number of ether oxygens (including phenoxy) is 3. The van der Waals surface area contributed by atoms with Gasteiger partial charge in [-0.3, -0.25) is 4.79 Å². The minimum absolute atomic E-state index is 0.00684. The third-order valence-electron chi connectivity index (χ3n) is 4.73. The van der Waals surface area contributed by atoms with Crippen molar-refractivity contribution in [1.82, 2.24) is 30.7 Å². The van der Waals surface area contributed by atoms with E-state index in [0.29, 0.717) is 34.1 Å². The molecule has 4 aromatic rings. The quantitative estimate of drug-likeness (QED) is 0.289. The number of methoxy groups -OCH3 is 3. The lowest BCUT2D eigenvalue weighted by atomic mass is 10.1. The van der Waals surface area contributed by atoms with Crippen molar-refractivity contribution in [3.63, 3.8) is 0 Å². The molecular formula is C21H20N8O5. The topological polar surface area (TPSA) is 165 Å². The number of benzene rings is 2. The summed E-state index contributed by atoms with van der Waals surface area (Å²) in [5.41, 5.74) is 9.77. The van der Waals surface area contributed by atoms with E-state index < -0.39 is 5.91 Å². The van der Waals surface area contributed by atoms with E-state index in [-0.39, 0.29) is 17.3 Å². The Labute approximate surface area is 193 Å². The van der Waals surface area contributed by atoms with Gasteiger partial charge in [-0.1, -0.05) is 35.5 Å². The summed E-state index contributed by atoms with van der Waals surface area (Å²) < 4.78 is 22.0. The van der Waals surface area contributed by atoms with Gasteiger partial charge in [0, 0.05) is 11.1 Å². The van der Waals surface area contributed by atoms with Crippen molar-refractivity contribution >= 4 is 17.9 Å². The van der Waals surface area contributed by atoms with Crippen LogP contribution in [0.15, 0.2) is 52.2 Å². The molecule has 2 heterocycles. The number of aromatic nitrogens is 5. The summed E-state index contributed by atoms with van der Waals surface area (Å²) in [6.07, 6.45) is 1.41. The van der Waals surface area contributed by atoms with Crippen molar-refractivity contribution in [2.24, 2.45) is 5.10 Å². The summed E-state index contributed by atoms with van der Waals surface area (Å²) in [6.45, 7) is 0. The molecule has 13 heteroatoms. The van der Waals surface area contributed by atoms with Crippen molar-refractivity contribution in [3.8, 4) is 34.3 Å². The molecule has 0 bridgehead atoms. The van der Waals surface area contributed by atoms with E-state index in [0.717, 1.165) is 0 Å². The second kappa shape index (κ2) is 9.68. The maximum Gasteiger partial charge on any atom is 0.294 e. The largest absolute Gasteiger partial charge is 0.493 e. The second-order valence-electron chi connectivity index (χ2n) is 6.66. The van der Waals surface area contributed by atoms with Crippen LogP contribution in [0, 0.1) is 0 Å². The number of carbonyl (C=O) groups excluding carboxylic acids is 1. The molecule has 0 radical (unpaired) electrons. The fourth-order valence-electron chi connectivity index (χ4n) is 3.22. The van der Waals surface area contributed by atoms with Crippen LogP contribution < -0.4 is 25.4 Å². The molecule has 0 fully saturated rings. The van der Waals surface area contributed by atoms with Gasteiger partial charge in [0.05, 0.1) is 27.5 Å². The highest BCUT2D eigenvalue weighted by molar-refractivity contribution is 5.99. The molecule has 34 heavy (non-hydrogen) atoms. The molecule has 2 aromatic heterocycles. The Balaban J connectivity index is 1.66. The number of hydrogen-bond acceptors (Lipinski definition) is 11. The lowest BCUT2D eigenvalue weighted by Gasteiger charge is -2.13. The van der Waals surface area contributed by atoms with E-state index >= 15 is 0 Å². The predicted octanol–water partition coefficient (Wildman–Crippen LogP) is 1.69. The van der Waals surface area contributed by atoms with E-state index in [2.05, 4.69) is 35.8 Å². The van der Waals surface area contributed by atoms with Crippen molar-refractivity contribution in [3.05, 3.63) is 53.7 Å². The molecule has 0 atom stereocenters. The summed E-state index contributed by atoms with van der Waals surface area (Å²) in [7, 11) is 4.50. The number of rotatable bonds is 8. The van der Waals surface area contributed by atoms with Gasteiger partial charge in [-0.15, -0.1) is 5.10 Å². The van der Waals surface area contributed by atoms with Crippen molar-refractivity contribution in [1.29, 1.82) is 0 Å². The zero-order chi connectivity index (χ0) is 24.1. The van der Waals surface area contributed by atoms with E-state index in [1.165, 1.54) is 32.2 Å². The van der Waals surface area contributed by atoms with Crippen LogP contribution in [-0.4, -0.2) is 58.8 Å². The number of anilines is 1. The maximum absolute atomic E-state index is 13.0. The first kappa shape index (κ1) is 22.3. The van der Waals surface area contributed by atoms with Gasteiger partial charge in [0.25, 0.3) is 5.91 Å². The van der Waals surface area contributed by atoms with E-state index in [1.54, 1.807) is 36.4 Å². The Hall–Kier alpha value is -4.94. The Morgan fingerprint density at radius 3 is 2.47 bits per heavy atom. The molecule has 0 aliphatic rings. The number of hydrogen-bond donors (Lipinski definition) is 2. The standard InChI is InChI=1S/C21H20N8O5/c1-31-14-10-9-13(17(32-2)18(14)33-3)11-23-25-21(30)15-16(12-7-5-4-6-8-12)29(28-24-15)20-19(22)26-34-27-20/h4-11H,1-3H3,(H2,22,26)(H,25,30). The monoisotopic (exact) mass is 464 g/mol. The molecule has 0 aliphatic carbocycles. The van der Waals surface area contributed by atoms with Crippen LogP contribution in [0.1, 0.15) is 16.1 Å². The molecule has 0 saturated carbocycles. The first-order chi connectivity index (χ1) is 16.6. The summed E-state index contributed by atoms with van der Waals surface area (Å²) in [4.78, 5) is 13.0. The van der Waals surface area contributed by atoms with Crippen LogP contribution in [0.3, 0.4) is 0 Å². The number of nitrogen functional groups attached to an aromatic ring is 1. The number of nitrogens with two attached hydrogens (primary N) is 1. The van der Waals surface area contributed by atoms with Gasteiger partial charge >= 0.3 is 0 Å². The number of carbonyl (C=O) groups is 1. The zero-order valence-electron chi connectivity index (χ0n) is 18.4. The van der Waals surface area contributed by atoms with Gasteiger partial charge in [-0.25, -0.2) is 10.1 Å². The first-order valence-corrected chi connectivity index (χ1v) is 9.80. The number of nitrogens with zero attached hydrogens (tertiary/aromatic N) is 6. The Morgan fingerprint density at radius 1 is 1.06 bits per heavy atom. The molecule has 2 aromatic carbocycles. The van der Waals surface area contributed by atoms with E-state index in [4.69, 9.17) is 19.9 Å². The fraction of sp³-hybridized carbons (Fsp3) is 0.143.